The summed E-state index contributed by atoms with van der Waals surface area (Å²) in [5.41, 5.74) is 7.00. The third-order valence-electron chi connectivity index (χ3n) is 8.20. The third kappa shape index (κ3) is 3.31. The van der Waals surface area contributed by atoms with Crippen molar-refractivity contribution in [1.29, 1.82) is 0 Å². The fraction of sp³-hybridized carbons (Fsp3) is 0.423. The third-order valence-corrected chi connectivity index (χ3v) is 11.5. The van der Waals surface area contributed by atoms with E-state index in [0.29, 0.717) is 51.8 Å². The van der Waals surface area contributed by atoms with E-state index in [1.807, 2.05) is 0 Å². The highest BCUT2D eigenvalue weighted by atomic mass is 35.5. The smallest absolute Gasteiger partial charge is 0.187 e. The molecule has 2 unspecified atom stereocenters. The first-order valence-corrected chi connectivity index (χ1v) is 14.1. The number of imidazole rings is 1. The van der Waals surface area contributed by atoms with Crippen LogP contribution in [0, 0.1) is 6.92 Å². The van der Waals surface area contributed by atoms with Crippen LogP contribution < -0.4 is 10.5 Å². The normalized spacial score (nSPS) is 25.4. The summed E-state index contributed by atoms with van der Waals surface area (Å²) in [6.07, 6.45) is 3.32. The van der Waals surface area contributed by atoms with Crippen LogP contribution in [0.25, 0.3) is 5.65 Å². The number of alkyl halides is 1. The molecule has 1 spiro atoms. The van der Waals surface area contributed by atoms with Gasteiger partial charge in [-0.3, -0.25) is 9.79 Å². The maximum atomic E-state index is 15.0. The number of aryl methyl sites for hydroxylation is 1. The number of ether oxygens (including phenoxy) is 1. The molecular formula is C26H26ClFN4O4S. The Hall–Kier alpha value is -2.98. The van der Waals surface area contributed by atoms with Gasteiger partial charge >= 0.3 is 0 Å². The number of nitrogens with two attached hydrogens (primary N) is 1. The number of sulfone groups is 1. The molecule has 0 saturated heterocycles. The molecule has 2 N–H and O–H groups in total. The van der Waals surface area contributed by atoms with Gasteiger partial charge in [0.2, 0.25) is 0 Å². The zero-order valence-corrected chi connectivity index (χ0v) is 21.8. The molecule has 2 aliphatic heterocycles. The van der Waals surface area contributed by atoms with E-state index in [9.17, 15) is 13.2 Å². The first kappa shape index (κ1) is 24.4. The van der Waals surface area contributed by atoms with Crippen molar-refractivity contribution in [2.45, 2.75) is 54.6 Å². The molecule has 0 amide bonds. The molecule has 2 atom stereocenters. The molecule has 1 saturated carbocycles. The fourth-order valence-corrected chi connectivity index (χ4v) is 9.08. The minimum atomic E-state index is -3.84. The summed E-state index contributed by atoms with van der Waals surface area (Å²) in [5, 5.41) is -0.579. The Labute approximate surface area is 218 Å². The van der Waals surface area contributed by atoms with Crippen LogP contribution in [0.2, 0.25) is 5.02 Å². The fourth-order valence-electron chi connectivity index (χ4n) is 6.01. The lowest BCUT2D eigenvalue weighted by atomic mass is 9.80. The van der Waals surface area contributed by atoms with Crippen molar-refractivity contribution >= 4 is 38.7 Å². The number of rotatable bonds is 4. The molecule has 1 fully saturated rings. The summed E-state index contributed by atoms with van der Waals surface area (Å²) in [6, 6.07) is 8.45. The van der Waals surface area contributed by atoms with Gasteiger partial charge in [-0.25, -0.2) is 17.8 Å². The van der Waals surface area contributed by atoms with Crippen molar-refractivity contribution in [2.24, 2.45) is 10.7 Å². The molecule has 3 aliphatic rings. The van der Waals surface area contributed by atoms with Crippen LogP contribution in [-0.4, -0.2) is 52.7 Å². The number of carbonyl (C=O) groups excluding carboxylic acids is 1. The van der Waals surface area contributed by atoms with Crippen LogP contribution in [0.4, 0.5) is 4.39 Å². The first-order chi connectivity index (χ1) is 17.6. The Balaban J connectivity index is 1.42. The zero-order valence-electron chi connectivity index (χ0n) is 20.2. The Morgan fingerprint density at radius 2 is 2.08 bits per heavy atom. The number of aromatic nitrogens is 2. The van der Waals surface area contributed by atoms with Gasteiger partial charge in [-0.2, -0.15) is 0 Å². The highest BCUT2D eigenvalue weighted by molar-refractivity contribution is 7.94. The van der Waals surface area contributed by atoms with Crippen LogP contribution in [0.15, 0.2) is 41.5 Å². The molecule has 37 heavy (non-hydrogen) atoms. The van der Waals surface area contributed by atoms with E-state index in [1.165, 1.54) is 0 Å². The summed E-state index contributed by atoms with van der Waals surface area (Å²) in [5.74, 6) is 0.0949. The number of ketones is 1. The molecule has 194 valence electrons. The highest BCUT2D eigenvalue weighted by Gasteiger charge is 2.65. The van der Waals surface area contributed by atoms with Crippen molar-refractivity contribution in [2.75, 3.05) is 13.3 Å². The topological polar surface area (TPSA) is 116 Å². The highest BCUT2D eigenvalue weighted by Crippen LogP contribution is 2.53. The number of hydrogen-bond donors (Lipinski definition) is 1. The number of halogens is 2. The summed E-state index contributed by atoms with van der Waals surface area (Å²) in [6.45, 7) is 0.858. The quantitative estimate of drug-likeness (QED) is 0.500. The lowest BCUT2D eigenvalue weighted by Gasteiger charge is -2.50. The van der Waals surface area contributed by atoms with Gasteiger partial charge < -0.3 is 14.9 Å². The first-order valence-electron chi connectivity index (χ1n) is 12.2. The second-order valence-electron chi connectivity index (χ2n) is 10.1. The van der Waals surface area contributed by atoms with E-state index in [4.69, 9.17) is 22.1 Å². The number of fused-ring (bicyclic) bond motifs is 4. The number of carbonyl (C=O) groups is 1. The van der Waals surface area contributed by atoms with Crippen LogP contribution in [-0.2, 0) is 21.8 Å². The standard InChI is InChI=1S/C26H26ClFN4O4S/c1-15-23(30-22-6-4-17(27)13-32(15)22)19(33)12-16-3-5-20-18(11-16)26(14-28)21(7-10-36-20)37(34,35)25(8-2-9-25)24(29)31-26/h3-6,11,13,21H,2,7-10,12,14H2,1H3,(H2,29,31). The molecule has 6 rings (SSSR count). The number of hydrogen-bond acceptors (Lipinski definition) is 7. The molecule has 11 heteroatoms. The van der Waals surface area contributed by atoms with Crippen LogP contribution >= 0.6 is 11.6 Å². The largest absolute Gasteiger partial charge is 0.493 e. The Kier molecular flexibility index (Phi) is 5.44. The van der Waals surface area contributed by atoms with Crippen molar-refractivity contribution in [1.82, 2.24) is 9.38 Å². The van der Waals surface area contributed by atoms with Gasteiger partial charge in [0.25, 0.3) is 0 Å². The number of aliphatic imine (C=N–C) groups is 1. The van der Waals surface area contributed by atoms with Gasteiger partial charge in [-0.15, -0.1) is 0 Å². The monoisotopic (exact) mass is 544 g/mol. The van der Waals surface area contributed by atoms with Crippen molar-refractivity contribution < 1.29 is 22.3 Å². The van der Waals surface area contributed by atoms with Crippen molar-refractivity contribution in [3.8, 4) is 5.75 Å². The van der Waals surface area contributed by atoms with Crippen LogP contribution in [0.1, 0.15) is 53.0 Å². The second kappa shape index (κ2) is 8.26. The van der Waals surface area contributed by atoms with E-state index < -0.39 is 32.0 Å². The maximum Gasteiger partial charge on any atom is 0.187 e. The molecule has 1 aliphatic carbocycles. The van der Waals surface area contributed by atoms with E-state index in [0.717, 1.165) is 6.42 Å². The summed E-state index contributed by atoms with van der Waals surface area (Å²) in [7, 11) is -3.84. The number of amidine groups is 1. The van der Waals surface area contributed by atoms with Gasteiger partial charge in [-0.05, 0) is 56.0 Å². The Morgan fingerprint density at radius 1 is 1.30 bits per heavy atom. The van der Waals surface area contributed by atoms with Crippen molar-refractivity contribution in [3.05, 3.63) is 64.1 Å². The van der Waals surface area contributed by atoms with Gasteiger partial charge in [0.05, 0.1) is 22.6 Å². The average Bonchev–Trinajstić information content (AvgIpc) is 3.05. The Bertz CT molecular complexity index is 1600. The lowest BCUT2D eigenvalue weighted by Crippen LogP contribution is -2.66. The van der Waals surface area contributed by atoms with E-state index in [1.54, 1.807) is 47.9 Å². The molecule has 0 bridgehead atoms. The zero-order chi connectivity index (χ0) is 26.2. The molecular weight excluding hydrogens is 519 g/mol. The van der Waals surface area contributed by atoms with Crippen LogP contribution in [0.5, 0.6) is 5.75 Å². The number of nitrogens with zero attached hydrogens (tertiary/aromatic N) is 3. The van der Waals surface area contributed by atoms with Crippen molar-refractivity contribution in [3.63, 3.8) is 0 Å². The minimum Gasteiger partial charge on any atom is -0.493 e. The van der Waals surface area contributed by atoms with Gasteiger partial charge in [0.15, 0.2) is 15.6 Å². The SMILES string of the molecule is Cc1c(C(=O)Cc2ccc3c(c2)C2(CF)N=C(N)C4(CCC4)S(=O)(=O)C2CCO3)nc2ccc(Cl)cn12. The summed E-state index contributed by atoms with van der Waals surface area (Å²) in [4.78, 5) is 22.4. The number of Topliss-reactive ketones (excluding diaryl/α,β-unsaturated/α-hetero) is 1. The molecule has 1 aromatic carbocycles. The molecule has 0 radical (unpaired) electrons. The molecule has 3 aromatic rings. The minimum absolute atomic E-state index is 0.0192. The lowest BCUT2D eigenvalue weighted by molar-refractivity contribution is 0.0988. The molecule has 2 aromatic heterocycles. The summed E-state index contributed by atoms with van der Waals surface area (Å²) >= 11 is 6.10. The van der Waals surface area contributed by atoms with Gasteiger partial charge in [0, 0.05) is 24.6 Å². The van der Waals surface area contributed by atoms with E-state index in [2.05, 4.69) is 9.98 Å². The van der Waals surface area contributed by atoms with Crippen LogP contribution in [0.3, 0.4) is 0 Å². The molecule has 8 nitrogen and oxygen atoms in total. The predicted molar refractivity (Wildman–Crippen MR) is 138 cm³/mol. The Morgan fingerprint density at radius 3 is 2.78 bits per heavy atom. The van der Waals surface area contributed by atoms with Gasteiger partial charge in [-0.1, -0.05) is 17.7 Å². The molecule has 4 heterocycles. The number of benzene rings is 1. The van der Waals surface area contributed by atoms with Gasteiger partial charge in [0.1, 0.15) is 39.9 Å². The summed E-state index contributed by atoms with van der Waals surface area (Å²) < 4.78 is 49.1. The maximum absolute atomic E-state index is 15.0. The predicted octanol–water partition coefficient (Wildman–Crippen LogP) is 3.75. The number of pyridine rings is 1. The van der Waals surface area contributed by atoms with E-state index >= 15 is 4.39 Å². The second-order valence-corrected chi connectivity index (χ2v) is 13.0. The average molecular weight is 545 g/mol. The van der Waals surface area contributed by atoms with E-state index in [-0.39, 0.29) is 31.1 Å².